The first kappa shape index (κ1) is 17.9. The summed E-state index contributed by atoms with van der Waals surface area (Å²) in [6.45, 7) is 9.73. The molecule has 2 atom stereocenters. The SMILES string of the molecule is CCCSCC[C@@H]1CCCN1C(=O)[C@@](C)(CC)CCC. The van der Waals surface area contributed by atoms with Gasteiger partial charge in [-0.2, -0.15) is 11.8 Å². The van der Waals surface area contributed by atoms with Crippen LogP contribution in [-0.4, -0.2) is 34.9 Å². The van der Waals surface area contributed by atoms with Gasteiger partial charge in [0.05, 0.1) is 0 Å². The van der Waals surface area contributed by atoms with Gasteiger partial charge in [0, 0.05) is 18.0 Å². The molecule has 20 heavy (non-hydrogen) atoms. The summed E-state index contributed by atoms with van der Waals surface area (Å²) in [7, 11) is 0. The van der Waals surface area contributed by atoms with Gasteiger partial charge in [-0.15, -0.1) is 0 Å². The molecule has 0 aromatic rings. The fraction of sp³-hybridized carbons (Fsp3) is 0.941. The highest BCUT2D eigenvalue weighted by Crippen LogP contribution is 2.34. The molecule has 0 N–H and O–H groups in total. The monoisotopic (exact) mass is 299 g/mol. The summed E-state index contributed by atoms with van der Waals surface area (Å²) in [6.07, 6.45) is 7.93. The molecule has 0 radical (unpaired) electrons. The average Bonchev–Trinajstić information content (AvgIpc) is 2.91. The van der Waals surface area contributed by atoms with Crippen LogP contribution in [0.25, 0.3) is 0 Å². The van der Waals surface area contributed by atoms with Gasteiger partial charge in [-0.1, -0.05) is 34.1 Å². The summed E-state index contributed by atoms with van der Waals surface area (Å²) in [5.41, 5.74) is -0.131. The molecule has 0 saturated carbocycles. The second-order valence-corrected chi connectivity index (χ2v) is 7.58. The van der Waals surface area contributed by atoms with E-state index >= 15 is 0 Å². The number of amides is 1. The molecule has 0 bridgehead atoms. The Morgan fingerprint density at radius 1 is 1.25 bits per heavy atom. The number of hydrogen-bond acceptors (Lipinski definition) is 2. The highest BCUT2D eigenvalue weighted by Gasteiger charge is 2.38. The standard InChI is InChI=1S/C17H33NOS/c1-5-11-17(4,7-3)16(19)18-12-8-9-15(18)10-14-20-13-6-2/h15H,5-14H2,1-4H3/t15-,17-/m0/s1. The first-order valence-corrected chi connectivity index (χ1v) is 9.63. The van der Waals surface area contributed by atoms with E-state index in [0.717, 1.165) is 25.8 Å². The molecule has 1 aliphatic heterocycles. The van der Waals surface area contributed by atoms with Crippen LogP contribution in [0, 0.1) is 5.41 Å². The van der Waals surface area contributed by atoms with Crippen LogP contribution in [0.4, 0.5) is 0 Å². The third-order valence-corrected chi connectivity index (χ3v) is 5.90. The molecule has 1 rings (SSSR count). The average molecular weight is 300 g/mol. The largest absolute Gasteiger partial charge is 0.339 e. The Balaban J connectivity index is 2.56. The van der Waals surface area contributed by atoms with Crippen molar-refractivity contribution in [3.8, 4) is 0 Å². The number of rotatable bonds is 9. The van der Waals surface area contributed by atoms with E-state index < -0.39 is 0 Å². The van der Waals surface area contributed by atoms with Crippen molar-refractivity contribution in [3.05, 3.63) is 0 Å². The van der Waals surface area contributed by atoms with Crippen molar-refractivity contribution in [1.82, 2.24) is 4.90 Å². The molecule has 1 saturated heterocycles. The lowest BCUT2D eigenvalue weighted by Gasteiger charge is -2.35. The van der Waals surface area contributed by atoms with Gasteiger partial charge in [-0.3, -0.25) is 4.79 Å². The zero-order valence-corrected chi connectivity index (χ0v) is 14.7. The van der Waals surface area contributed by atoms with E-state index in [4.69, 9.17) is 0 Å². The zero-order valence-electron chi connectivity index (χ0n) is 13.9. The van der Waals surface area contributed by atoms with Crippen molar-refractivity contribution in [2.24, 2.45) is 5.41 Å². The fourth-order valence-electron chi connectivity index (χ4n) is 3.20. The highest BCUT2D eigenvalue weighted by molar-refractivity contribution is 7.99. The molecule has 0 unspecified atom stereocenters. The van der Waals surface area contributed by atoms with Gasteiger partial charge in [0.25, 0.3) is 0 Å². The Hall–Kier alpha value is -0.180. The predicted molar refractivity (Wildman–Crippen MR) is 90.3 cm³/mol. The first-order chi connectivity index (χ1) is 9.59. The molecular formula is C17H33NOS. The minimum absolute atomic E-state index is 0.131. The van der Waals surface area contributed by atoms with E-state index in [0.29, 0.717) is 11.9 Å². The summed E-state index contributed by atoms with van der Waals surface area (Å²) >= 11 is 2.04. The van der Waals surface area contributed by atoms with Crippen LogP contribution in [0.1, 0.15) is 72.6 Å². The number of thioether (sulfide) groups is 1. The van der Waals surface area contributed by atoms with Crippen LogP contribution in [-0.2, 0) is 4.79 Å². The van der Waals surface area contributed by atoms with Gasteiger partial charge >= 0.3 is 0 Å². The summed E-state index contributed by atoms with van der Waals surface area (Å²) in [5.74, 6) is 2.88. The summed E-state index contributed by atoms with van der Waals surface area (Å²) in [6, 6.07) is 0.509. The predicted octanol–water partition coefficient (Wildman–Crippen LogP) is 4.73. The van der Waals surface area contributed by atoms with E-state index in [9.17, 15) is 4.79 Å². The molecule has 0 aliphatic carbocycles. The Bertz CT molecular complexity index is 295. The van der Waals surface area contributed by atoms with Crippen molar-refractivity contribution >= 4 is 17.7 Å². The maximum Gasteiger partial charge on any atom is 0.228 e. The molecule has 0 aromatic carbocycles. The van der Waals surface area contributed by atoms with Crippen LogP contribution in [0.2, 0.25) is 0 Å². The van der Waals surface area contributed by atoms with Crippen molar-refractivity contribution in [1.29, 1.82) is 0 Å². The van der Waals surface area contributed by atoms with E-state index in [-0.39, 0.29) is 5.41 Å². The Morgan fingerprint density at radius 3 is 2.60 bits per heavy atom. The van der Waals surface area contributed by atoms with Crippen molar-refractivity contribution < 1.29 is 4.79 Å². The lowest BCUT2D eigenvalue weighted by molar-refractivity contribution is -0.142. The minimum Gasteiger partial charge on any atom is -0.339 e. The van der Waals surface area contributed by atoms with Gasteiger partial charge in [0.15, 0.2) is 0 Å². The Labute approximate surface area is 130 Å². The molecule has 1 heterocycles. The Kier molecular flexibility index (Phi) is 8.01. The first-order valence-electron chi connectivity index (χ1n) is 8.47. The maximum absolute atomic E-state index is 12.9. The lowest BCUT2D eigenvalue weighted by Crippen LogP contribution is -2.44. The molecule has 2 nitrogen and oxygen atoms in total. The van der Waals surface area contributed by atoms with Crippen LogP contribution in [0.5, 0.6) is 0 Å². The molecule has 118 valence electrons. The third-order valence-electron chi connectivity index (χ3n) is 4.68. The fourth-order valence-corrected chi connectivity index (χ4v) is 4.13. The van der Waals surface area contributed by atoms with E-state index in [1.165, 1.54) is 37.2 Å². The lowest BCUT2D eigenvalue weighted by atomic mass is 9.81. The topological polar surface area (TPSA) is 20.3 Å². The number of likely N-dealkylation sites (tertiary alicyclic amines) is 1. The molecule has 1 fully saturated rings. The van der Waals surface area contributed by atoms with Crippen molar-refractivity contribution in [2.45, 2.75) is 78.7 Å². The highest BCUT2D eigenvalue weighted by atomic mass is 32.2. The molecule has 1 aliphatic rings. The number of nitrogens with zero attached hydrogens (tertiary/aromatic N) is 1. The van der Waals surface area contributed by atoms with Gasteiger partial charge in [-0.05, 0) is 50.0 Å². The van der Waals surface area contributed by atoms with Crippen LogP contribution >= 0.6 is 11.8 Å². The molecule has 3 heteroatoms. The van der Waals surface area contributed by atoms with Gasteiger partial charge in [-0.25, -0.2) is 0 Å². The van der Waals surface area contributed by atoms with Gasteiger partial charge in [0.1, 0.15) is 0 Å². The van der Waals surface area contributed by atoms with Crippen LogP contribution < -0.4 is 0 Å². The number of hydrogen-bond donors (Lipinski definition) is 0. The third kappa shape index (κ3) is 4.68. The normalized spacial score (nSPS) is 22.0. The Morgan fingerprint density at radius 2 is 2.00 bits per heavy atom. The molecular weight excluding hydrogens is 266 g/mol. The maximum atomic E-state index is 12.9. The smallest absolute Gasteiger partial charge is 0.228 e. The quantitative estimate of drug-likeness (QED) is 0.574. The van der Waals surface area contributed by atoms with Gasteiger partial charge in [0.2, 0.25) is 5.91 Å². The number of carbonyl (C=O) groups excluding carboxylic acids is 1. The summed E-state index contributed by atoms with van der Waals surface area (Å²) < 4.78 is 0. The zero-order chi connectivity index (χ0) is 15.0. The number of carbonyl (C=O) groups is 1. The second-order valence-electron chi connectivity index (χ2n) is 6.36. The molecule has 0 aromatic heterocycles. The van der Waals surface area contributed by atoms with E-state index in [1.807, 2.05) is 11.8 Å². The van der Waals surface area contributed by atoms with E-state index in [1.54, 1.807) is 0 Å². The van der Waals surface area contributed by atoms with Crippen LogP contribution in [0.15, 0.2) is 0 Å². The molecule has 0 spiro atoms. The minimum atomic E-state index is -0.131. The second kappa shape index (κ2) is 8.96. The summed E-state index contributed by atoms with van der Waals surface area (Å²) in [4.78, 5) is 15.1. The van der Waals surface area contributed by atoms with Gasteiger partial charge < -0.3 is 4.90 Å². The summed E-state index contributed by atoms with van der Waals surface area (Å²) in [5, 5.41) is 0. The molecule has 1 amide bonds. The van der Waals surface area contributed by atoms with E-state index in [2.05, 4.69) is 32.6 Å². The van der Waals surface area contributed by atoms with Crippen LogP contribution in [0.3, 0.4) is 0 Å². The van der Waals surface area contributed by atoms with Crippen molar-refractivity contribution in [2.75, 3.05) is 18.1 Å². The van der Waals surface area contributed by atoms with Crippen molar-refractivity contribution in [3.63, 3.8) is 0 Å².